The number of sulfonamides is 1. The molecule has 1 saturated heterocycles. The molecular formula is C18H21ClFN3O3S2. The number of carbonyl (C=O) groups excluding carboxylic acids is 1. The molecule has 10 heteroatoms. The van der Waals surface area contributed by atoms with Gasteiger partial charge in [0, 0.05) is 36.3 Å². The lowest BCUT2D eigenvalue weighted by Gasteiger charge is -2.31. The molecule has 0 spiro atoms. The van der Waals surface area contributed by atoms with Crippen LogP contribution in [-0.2, 0) is 27.1 Å². The van der Waals surface area contributed by atoms with Gasteiger partial charge in [0.25, 0.3) is 0 Å². The number of amides is 1. The van der Waals surface area contributed by atoms with E-state index in [1.807, 2.05) is 5.38 Å². The van der Waals surface area contributed by atoms with E-state index in [0.29, 0.717) is 25.2 Å². The molecule has 28 heavy (non-hydrogen) atoms. The van der Waals surface area contributed by atoms with Crippen LogP contribution in [0.2, 0.25) is 5.02 Å². The van der Waals surface area contributed by atoms with E-state index in [0.717, 1.165) is 29.6 Å². The molecule has 1 aromatic carbocycles. The van der Waals surface area contributed by atoms with E-state index in [2.05, 4.69) is 10.3 Å². The molecule has 152 valence electrons. The van der Waals surface area contributed by atoms with Crippen molar-refractivity contribution in [3.8, 4) is 0 Å². The molecule has 1 aliphatic rings. The zero-order chi connectivity index (χ0) is 20.3. The second-order valence-electron chi connectivity index (χ2n) is 6.78. The van der Waals surface area contributed by atoms with Crippen molar-refractivity contribution in [3.63, 3.8) is 0 Å². The summed E-state index contributed by atoms with van der Waals surface area (Å²) in [7, 11) is -3.58. The van der Waals surface area contributed by atoms with Crippen LogP contribution in [0.3, 0.4) is 0 Å². The summed E-state index contributed by atoms with van der Waals surface area (Å²) in [4.78, 5) is 15.6. The highest BCUT2D eigenvalue weighted by Crippen LogP contribution is 2.31. The standard InChI is InChI=1S/C18H21ClFN3O3S2/c1-12(24)21-8-16-10-27-18(22-16)13-3-2-6-23(9-13)28(25,26)11-14-4-5-15(20)7-17(14)19/h4-5,7,10,13H,2-3,6,8-9,11H2,1H3,(H,21,24)/t13-/m0/s1. The first-order valence-electron chi connectivity index (χ1n) is 8.85. The van der Waals surface area contributed by atoms with E-state index in [1.54, 1.807) is 0 Å². The maximum Gasteiger partial charge on any atom is 0.218 e. The minimum atomic E-state index is -3.58. The van der Waals surface area contributed by atoms with Gasteiger partial charge in [-0.1, -0.05) is 17.7 Å². The van der Waals surface area contributed by atoms with Crippen molar-refractivity contribution < 1.29 is 17.6 Å². The van der Waals surface area contributed by atoms with Gasteiger partial charge in [0.05, 0.1) is 23.0 Å². The quantitative estimate of drug-likeness (QED) is 0.740. The number of thiazole rings is 1. The smallest absolute Gasteiger partial charge is 0.218 e. The Bertz CT molecular complexity index is 965. The molecule has 0 radical (unpaired) electrons. The van der Waals surface area contributed by atoms with Gasteiger partial charge in [-0.25, -0.2) is 22.1 Å². The number of nitrogens with zero attached hydrogens (tertiary/aromatic N) is 2. The number of hydrogen-bond donors (Lipinski definition) is 1. The summed E-state index contributed by atoms with van der Waals surface area (Å²) < 4.78 is 40.4. The van der Waals surface area contributed by atoms with E-state index in [9.17, 15) is 17.6 Å². The fourth-order valence-electron chi connectivity index (χ4n) is 3.13. The van der Waals surface area contributed by atoms with Crippen molar-refractivity contribution in [3.05, 3.63) is 50.7 Å². The molecule has 3 rings (SSSR count). The van der Waals surface area contributed by atoms with Crippen molar-refractivity contribution in [2.24, 2.45) is 0 Å². The first kappa shape index (κ1) is 21.2. The summed E-state index contributed by atoms with van der Waals surface area (Å²) >= 11 is 7.47. The lowest BCUT2D eigenvalue weighted by atomic mass is 10.0. The van der Waals surface area contributed by atoms with Gasteiger partial charge in [0.1, 0.15) is 5.82 Å². The highest BCUT2D eigenvalue weighted by atomic mass is 35.5. The second-order valence-corrected chi connectivity index (χ2v) is 10.0. The lowest BCUT2D eigenvalue weighted by molar-refractivity contribution is -0.119. The number of benzene rings is 1. The molecule has 1 aliphatic heterocycles. The van der Waals surface area contributed by atoms with Gasteiger partial charge in [-0.2, -0.15) is 0 Å². The third kappa shape index (κ3) is 5.28. The van der Waals surface area contributed by atoms with Crippen LogP contribution in [0.4, 0.5) is 4.39 Å². The van der Waals surface area contributed by atoms with Crippen molar-refractivity contribution in [2.45, 2.75) is 38.0 Å². The molecule has 1 fully saturated rings. The highest BCUT2D eigenvalue weighted by molar-refractivity contribution is 7.88. The Labute approximate surface area is 172 Å². The Hall–Kier alpha value is -1.55. The Morgan fingerprint density at radius 1 is 1.46 bits per heavy atom. The summed E-state index contributed by atoms with van der Waals surface area (Å²) in [5.74, 6) is -0.861. The lowest BCUT2D eigenvalue weighted by Crippen LogP contribution is -2.39. The summed E-state index contributed by atoms with van der Waals surface area (Å²) in [6, 6.07) is 3.74. The van der Waals surface area contributed by atoms with Gasteiger partial charge in [-0.3, -0.25) is 4.79 Å². The molecule has 1 amide bonds. The van der Waals surface area contributed by atoms with Crippen LogP contribution in [0.25, 0.3) is 0 Å². The fourth-order valence-corrected chi connectivity index (χ4v) is 6.03. The van der Waals surface area contributed by atoms with Crippen molar-refractivity contribution >= 4 is 38.9 Å². The molecule has 0 aliphatic carbocycles. The largest absolute Gasteiger partial charge is 0.351 e. The van der Waals surface area contributed by atoms with E-state index in [-0.39, 0.29) is 22.6 Å². The van der Waals surface area contributed by atoms with Crippen molar-refractivity contribution in [1.82, 2.24) is 14.6 Å². The highest BCUT2D eigenvalue weighted by Gasteiger charge is 2.31. The third-order valence-electron chi connectivity index (χ3n) is 4.57. The third-order valence-corrected chi connectivity index (χ3v) is 7.77. The second kappa shape index (κ2) is 8.86. The summed E-state index contributed by atoms with van der Waals surface area (Å²) in [6.07, 6.45) is 1.60. The maximum absolute atomic E-state index is 13.2. The Kier molecular flexibility index (Phi) is 6.69. The van der Waals surface area contributed by atoms with Gasteiger partial charge in [-0.15, -0.1) is 11.3 Å². The molecule has 0 unspecified atom stereocenters. The minimum Gasteiger partial charge on any atom is -0.351 e. The van der Waals surface area contributed by atoms with E-state index in [4.69, 9.17) is 11.6 Å². The zero-order valence-corrected chi connectivity index (χ0v) is 17.7. The molecule has 2 aromatic rings. The number of carbonyl (C=O) groups is 1. The van der Waals surface area contributed by atoms with Gasteiger partial charge >= 0.3 is 0 Å². The van der Waals surface area contributed by atoms with Crippen molar-refractivity contribution in [1.29, 1.82) is 0 Å². The van der Waals surface area contributed by atoms with Crippen LogP contribution < -0.4 is 5.32 Å². The number of aromatic nitrogens is 1. The van der Waals surface area contributed by atoms with E-state index in [1.165, 1.54) is 34.7 Å². The van der Waals surface area contributed by atoms with E-state index < -0.39 is 15.8 Å². The summed E-state index contributed by atoms with van der Waals surface area (Å²) in [6.45, 7) is 2.62. The number of rotatable bonds is 6. The maximum atomic E-state index is 13.2. The monoisotopic (exact) mass is 445 g/mol. The van der Waals surface area contributed by atoms with Crippen LogP contribution in [0.5, 0.6) is 0 Å². The summed E-state index contributed by atoms with van der Waals surface area (Å²) in [5, 5.41) is 5.58. The van der Waals surface area contributed by atoms with Crippen LogP contribution in [0, 0.1) is 5.82 Å². The molecular weight excluding hydrogens is 425 g/mol. The molecule has 0 bridgehead atoms. The predicted molar refractivity (Wildman–Crippen MR) is 107 cm³/mol. The molecule has 0 saturated carbocycles. The van der Waals surface area contributed by atoms with Gasteiger partial charge in [0.15, 0.2) is 0 Å². The predicted octanol–water partition coefficient (Wildman–Crippen LogP) is 3.28. The molecule has 1 atom stereocenters. The van der Waals surface area contributed by atoms with Crippen LogP contribution in [0.1, 0.15) is 41.9 Å². The molecule has 2 heterocycles. The normalized spacial score (nSPS) is 18.2. The van der Waals surface area contributed by atoms with Gasteiger partial charge < -0.3 is 5.32 Å². The van der Waals surface area contributed by atoms with Crippen LogP contribution in [0.15, 0.2) is 23.6 Å². The van der Waals surface area contributed by atoms with Crippen LogP contribution in [-0.4, -0.2) is 36.7 Å². The Morgan fingerprint density at radius 3 is 2.96 bits per heavy atom. The number of piperidine rings is 1. The summed E-state index contributed by atoms with van der Waals surface area (Å²) in [5.41, 5.74) is 1.16. The topological polar surface area (TPSA) is 79.4 Å². The van der Waals surface area contributed by atoms with Gasteiger partial charge in [-0.05, 0) is 30.5 Å². The SMILES string of the molecule is CC(=O)NCc1csc([C@H]2CCCN(S(=O)(=O)Cc3ccc(F)cc3Cl)C2)n1. The zero-order valence-electron chi connectivity index (χ0n) is 15.3. The minimum absolute atomic E-state index is 0.0169. The number of nitrogens with one attached hydrogen (secondary N) is 1. The molecule has 1 aromatic heterocycles. The number of halogens is 2. The fraction of sp³-hybridized carbons (Fsp3) is 0.444. The first-order valence-corrected chi connectivity index (χ1v) is 11.7. The first-order chi connectivity index (χ1) is 13.2. The Morgan fingerprint density at radius 2 is 2.25 bits per heavy atom. The van der Waals surface area contributed by atoms with E-state index >= 15 is 0 Å². The average Bonchev–Trinajstić information content (AvgIpc) is 3.12. The van der Waals surface area contributed by atoms with Crippen LogP contribution >= 0.6 is 22.9 Å². The van der Waals surface area contributed by atoms with Crippen molar-refractivity contribution in [2.75, 3.05) is 13.1 Å². The average molecular weight is 446 g/mol. The molecule has 1 N–H and O–H groups in total. The number of hydrogen-bond acceptors (Lipinski definition) is 5. The Balaban J connectivity index is 1.69. The van der Waals surface area contributed by atoms with Gasteiger partial charge in [0.2, 0.25) is 15.9 Å². The molecule has 6 nitrogen and oxygen atoms in total.